The van der Waals surface area contributed by atoms with Gasteiger partial charge in [-0.3, -0.25) is 0 Å². The zero-order chi connectivity index (χ0) is 19.3. The largest absolute Gasteiger partial charge is 0.456 e. The van der Waals surface area contributed by atoms with E-state index in [4.69, 9.17) is 14.2 Å². The predicted octanol–water partition coefficient (Wildman–Crippen LogP) is 4.35. The summed E-state index contributed by atoms with van der Waals surface area (Å²) in [4.78, 5) is 24.2. The summed E-state index contributed by atoms with van der Waals surface area (Å²) in [6, 6.07) is 19.8. The number of ether oxygens (including phenoxy) is 3. The Labute approximate surface area is 160 Å². The lowest BCUT2D eigenvalue weighted by atomic mass is 9.78. The molecule has 1 atom stereocenters. The topological polar surface area (TPSA) is 61.8 Å². The molecule has 0 bridgehead atoms. The fourth-order valence-electron chi connectivity index (χ4n) is 3.83. The minimum absolute atomic E-state index is 0.316. The lowest BCUT2D eigenvalue weighted by Crippen LogP contribution is -2.32. The highest BCUT2D eigenvalue weighted by molar-refractivity contribution is 5.97. The van der Waals surface area contributed by atoms with Gasteiger partial charge in [0.05, 0.1) is 5.56 Å². The van der Waals surface area contributed by atoms with Crippen molar-refractivity contribution in [2.75, 3.05) is 0 Å². The van der Waals surface area contributed by atoms with Gasteiger partial charge in [0.1, 0.15) is 17.2 Å². The summed E-state index contributed by atoms with van der Waals surface area (Å²) in [6.45, 7) is 3.40. The number of carbonyl (C=O) groups is 2. The van der Waals surface area contributed by atoms with Crippen LogP contribution < -0.4 is 9.47 Å². The zero-order valence-corrected chi connectivity index (χ0v) is 14.7. The lowest BCUT2D eigenvalue weighted by Gasteiger charge is -2.36. The molecule has 0 radical (unpaired) electrons. The number of carbonyl (C=O) groups excluding carboxylic acids is 2. The Balaban J connectivity index is 1.77. The fourth-order valence-corrected chi connectivity index (χ4v) is 3.83. The van der Waals surface area contributed by atoms with Gasteiger partial charge < -0.3 is 14.2 Å². The van der Waals surface area contributed by atoms with E-state index < -0.39 is 11.6 Å². The first kappa shape index (κ1) is 16.3. The van der Waals surface area contributed by atoms with Crippen LogP contribution in [-0.4, -0.2) is 11.9 Å². The molecule has 3 aromatic carbocycles. The summed E-state index contributed by atoms with van der Waals surface area (Å²) in [5.41, 5.74) is 1.58. The molecular formula is C23H14O5. The van der Waals surface area contributed by atoms with E-state index in [2.05, 4.69) is 6.58 Å². The maximum atomic E-state index is 12.7. The maximum Gasteiger partial charge on any atom is 0.340 e. The second-order valence-electron chi connectivity index (χ2n) is 6.50. The van der Waals surface area contributed by atoms with E-state index in [-0.39, 0.29) is 5.97 Å². The molecular weight excluding hydrogens is 356 g/mol. The van der Waals surface area contributed by atoms with Gasteiger partial charge in [-0.2, -0.15) is 0 Å². The average Bonchev–Trinajstić information content (AvgIpc) is 3.01. The highest BCUT2D eigenvalue weighted by Gasteiger charge is 2.53. The van der Waals surface area contributed by atoms with Crippen molar-refractivity contribution in [3.8, 4) is 17.2 Å². The number of benzene rings is 3. The van der Waals surface area contributed by atoms with Crippen molar-refractivity contribution in [1.82, 2.24) is 0 Å². The third-order valence-electron chi connectivity index (χ3n) is 4.98. The minimum atomic E-state index is -1.11. The smallest absolute Gasteiger partial charge is 0.340 e. The van der Waals surface area contributed by atoms with E-state index in [1.54, 1.807) is 24.3 Å². The van der Waals surface area contributed by atoms with E-state index >= 15 is 0 Å². The SMILES string of the molecule is C=CC(=O)Oc1ccc2c(c1)Oc1ccccc1[C@]21OC(=O)c2ccccc21. The third-order valence-corrected chi connectivity index (χ3v) is 4.98. The van der Waals surface area contributed by atoms with Gasteiger partial charge in [-0.1, -0.05) is 43.0 Å². The van der Waals surface area contributed by atoms with Crippen molar-refractivity contribution in [3.05, 3.63) is 102 Å². The van der Waals surface area contributed by atoms with Crippen molar-refractivity contribution in [2.45, 2.75) is 5.60 Å². The molecule has 0 unspecified atom stereocenters. The molecule has 0 amide bonds. The van der Waals surface area contributed by atoms with Crippen LogP contribution in [0.2, 0.25) is 0 Å². The van der Waals surface area contributed by atoms with Gasteiger partial charge >= 0.3 is 11.9 Å². The standard InChI is InChI=1S/C23H14O5/c1-2-21(24)26-14-11-12-18-20(13-14)27-19-10-6-5-9-17(19)23(18)16-8-4-3-7-15(16)22(25)28-23/h2-13H,1H2/t23-/m0/s1. The first-order valence-electron chi connectivity index (χ1n) is 8.72. The highest BCUT2D eigenvalue weighted by atomic mass is 16.6. The summed E-state index contributed by atoms with van der Waals surface area (Å²) in [6.07, 6.45) is 1.09. The Kier molecular flexibility index (Phi) is 3.39. The Morgan fingerprint density at radius 3 is 2.46 bits per heavy atom. The Morgan fingerprint density at radius 1 is 0.929 bits per heavy atom. The second kappa shape index (κ2) is 5.82. The molecule has 0 N–H and O–H groups in total. The monoisotopic (exact) mass is 370 g/mol. The number of hydrogen-bond acceptors (Lipinski definition) is 5. The zero-order valence-electron chi connectivity index (χ0n) is 14.7. The molecule has 2 aliphatic rings. The number of rotatable bonds is 2. The molecule has 3 aromatic rings. The van der Waals surface area contributed by atoms with Gasteiger partial charge in [-0.15, -0.1) is 0 Å². The molecule has 136 valence electrons. The van der Waals surface area contributed by atoms with Crippen LogP contribution in [0.1, 0.15) is 27.0 Å². The normalized spacial score (nSPS) is 18.4. The molecule has 1 spiro atoms. The molecule has 0 saturated heterocycles. The molecule has 0 saturated carbocycles. The van der Waals surface area contributed by atoms with Gasteiger partial charge in [0.2, 0.25) is 0 Å². The summed E-state index contributed by atoms with van der Waals surface area (Å²) in [5, 5.41) is 0. The molecule has 5 nitrogen and oxygen atoms in total. The molecule has 5 rings (SSSR count). The lowest BCUT2D eigenvalue weighted by molar-refractivity contribution is -0.128. The van der Waals surface area contributed by atoms with E-state index in [1.807, 2.05) is 42.5 Å². The van der Waals surface area contributed by atoms with Crippen LogP contribution in [0.3, 0.4) is 0 Å². The quantitative estimate of drug-likeness (QED) is 0.381. The Morgan fingerprint density at radius 2 is 1.64 bits per heavy atom. The van der Waals surface area contributed by atoms with Crippen molar-refractivity contribution < 1.29 is 23.8 Å². The number of esters is 2. The van der Waals surface area contributed by atoms with Gasteiger partial charge in [0, 0.05) is 28.8 Å². The van der Waals surface area contributed by atoms with E-state index in [0.29, 0.717) is 28.4 Å². The van der Waals surface area contributed by atoms with Crippen LogP contribution in [0.25, 0.3) is 0 Å². The Bertz CT molecular complexity index is 1160. The molecule has 28 heavy (non-hydrogen) atoms. The number of fused-ring (bicyclic) bond motifs is 6. The van der Waals surface area contributed by atoms with Crippen LogP contribution in [-0.2, 0) is 15.1 Å². The van der Waals surface area contributed by atoms with Crippen molar-refractivity contribution in [2.24, 2.45) is 0 Å². The first-order valence-corrected chi connectivity index (χ1v) is 8.72. The average molecular weight is 370 g/mol. The van der Waals surface area contributed by atoms with E-state index in [9.17, 15) is 9.59 Å². The summed E-state index contributed by atoms with van der Waals surface area (Å²) < 4.78 is 17.3. The van der Waals surface area contributed by atoms with Crippen molar-refractivity contribution in [3.63, 3.8) is 0 Å². The van der Waals surface area contributed by atoms with Gasteiger partial charge in [-0.25, -0.2) is 9.59 Å². The van der Waals surface area contributed by atoms with Crippen LogP contribution in [0.15, 0.2) is 79.4 Å². The second-order valence-corrected chi connectivity index (χ2v) is 6.50. The Hall–Kier alpha value is -3.86. The van der Waals surface area contributed by atoms with Crippen molar-refractivity contribution >= 4 is 11.9 Å². The summed E-state index contributed by atoms with van der Waals surface area (Å²) in [5.74, 6) is 0.393. The van der Waals surface area contributed by atoms with Gasteiger partial charge in [-0.05, 0) is 24.3 Å². The van der Waals surface area contributed by atoms with Crippen molar-refractivity contribution in [1.29, 1.82) is 0 Å². The number of para-hydroxylation sites is 1. The third kappa shape index (κ3) is 2.13. The molecule has 0 aliphatic carbocycles. The fraction of sp³-hybridized carbons (Fsp3) is 0.0435. The molecule has 0 fully saturated rings. The van der Waals surface area contributed by atoms with E-state index in [0.717, 1.165) is 17.2 Å². The first-order chi connectivity index (χ1) is 13.6. The predicted molar refractivity (Wildman–Crippen MR) is 101 cm³/mol. The van der Waals surface area contributed by atoms with Crippen LogP contribution >= 0.6 is 0 Å². The molecule has 0 aromatic heterocycles. The number of hydrogen-bond donors (Lipinski definition) is 0. The van der Waals surface area contributed by atoms with E-state index in [1.165, 1.54) is 0 Å². The minimum Gasteiger partial charge on any atom is -0.456 e. The van der Waals surface area contributed by atoms with Gasteiger partial charge in [0.25, 0.3) is 0 Å². The van der Waals surface area contributed by atoms with Crippen LogP contribution in [0, 0.1) is 0 Å². The van der Waals surface area contributed by atoms with Gasteiger partial charge in [0.15, 0.2) is 5.60 Å². The summed E-state index contributed by atoms with van der Waals surface area (Å²) >= 11 is 0. The van der Waals surface area contributed by atoms with Crippen LogP contribution in [0.5, 0.6) is 17.2 Å². The summed E-state index contributed by atoms with van der Waals surface area (Å²) in [7, 11) is 0. The molecule has 5 heteroatoms. The molecule has 2 heterocycles. The van der Waals surface area contributed by atoms with Crippen LogP contribution in [0.4, 0.5) is 0 Å². The highest BCUT2D eigenvalue weighted by Crippen LogP contribution is 2.56. The maximum absolute atomic E-state index is 12.7. The molecule has 2 aliphatic heterocycles.